The van der Waals surface area contributed by atoms with Crippen molar-refractivity contribution in [2.24, 2.45) is 17.3 Å². The number of carbonyl (C=O) groups excluding carboxylic acids is 3. The molecular weight excluding hydrogens is 438 g/mol. The van der Waals surface area contributed by atoms with Gasteiger partial charge in [0.05, 0.1) is 0 Å². The van der Waals surface area contributed by atoms with E-state index in [1.807, 2.05) is 12.1 Å². The summed E-state index contributed by atoms with van der Waals surface area (Å²) in [6.07, 6.45) is 2.32. The molecule has 0 spiro atoms. The molecule has 2 rings (SSSR count). The van der Waals surface area contributed by atoms with E-state index in [-0.39, 0.29) is 16.8 Å². The Balaban J connectivity index is 2.10. The Hall–Kier alpha value is -3.49. The number of aliphatic hydroxyl groups is 1. The lowest BCUT2D eigenvalue weighted by molar-refractivity contribution is -0.133. The van der Waals surface area contributed by atoms with Crippen molar-refractivity contribution >= 4 is 17.5 Å². The van der Waals surface area contributed by atoms with Gasteiger partial charge in [-0.1, -0.05) is 57.7 Å². The van der Waals surface area contributed by atoms with E-state index in [2.05, 4.69) is 57.0 Å². The molecule has 0 saturated heterocycles. The highest BCUT2D eigenvalue weighted by atomic mass is 16.3. The van der Waals surface area contributed by atoms with E-state index in [9.17, 15) is 14.4 Å². The first kappa shape index (κ1) is 27.8. The van der Waals surface area contributed by atoms with Crippen LogP contribution in [0.5, 0.6) is 0 Å². The molecule has 5 heteroatoms. The zero-order valence-electron chi connectivity index (χ0n) is 21.4. The van der Waals surface area contributed by atoms with Crippen molar-refractivity contribution in [2.75, 3.05) is 13.7 Å². The van der Waals surface area contributed by atoms with Gasteiger partial charge in [0, 0.05) is 23.7 Å². The molecule has 0 heterocycles. The molecular formula is C30H35NO4. The normalized spacial score (nSPS) is 13.3. The second kappa shape index (κ2) is 12.3. The van der Waals surface area contributed by atoms with Gasteiger partial charge in [-0.05, 0) is 72.2 Å². The van der Waals surface area contributed by atoms with Crippen LogP contribution in [0, 0.1) is 29.1 Å². The van der Waals surface area contributed by atoms with Gasteiger partial charge in [-0.15, -0.1) is 0 Å². The van der Waals surface area contributed by atoms with Crippen LogP contribution in [0.3, 0.4) is 0 Å². The second-order valence-corrected chi connectivity index (χ2v) is 9.89. The van der Waals surface area contributed by atoms with Crippen molar-refractivity contribution in [3.63, 3.8) is 0 Å². The Labute approximate surface area is 208 Å². The standard InChI is InChI=1S/C30H35NO4/c1-20(17-26(27(33)19-32)29(35)31-6)28(34)25-15-13-23(14-16-25)8-7-22-9-11-24(12-10-22)18-21(2)30(3,4)5/h9-17,21,26,32H,18-19H2,1-6H3,(H,31,35)/b20-17+. The molecule has 2 aromatic carbocycles. The molecule has 2 atom stereocenters. The van der Waals surface area contributed by atoms with Crippen LogP contribution in [0.1, 0.15) is 61.7 Å². The average molecular weight is 474 g/mol. The van der Waals surface area contributed by atoms with Crippen LogP contribution in [0.2, 0.25) is 0 Å². The van der Waals surface area contributed by atoms with Crippen LogP contribution in [0.25, 0.3) is 0 Å². The maximum atomic E-state index is 12.8. The van der Waals surface area contributed by atoms with Crippen LogP contribution in [0.4, 0.5) is 0 Å². The monoisotopic (exact) mass is 473 g/mol. The fourth-order valence-electron chi connectivity index (χ4n) is 3.36. The topological polar surface area (TPSA) is 83.5 Å². The minimum atomic E-state index is -1.21. The molecule has 0 radical (unpaired) electrons. The second-order valence-electron chi connectivity index (χ2n) is 9.89. The lowest BCUT2D eigenvalue weighted by Gasteiger charge is -2.27. The number of rotatable bonds is 8. The van der Waals surface area contributed by atoms with Gasteiger partial charge >= 0.3 is 0 Å². The van der Waals surface area contributed by atoms with Crippen LogP contribution in [-0.2, 0) is 16.0 Å². The third-order valence-electron chi connectivity index (χ3n) is 6.28. The van der Waals surface area contributed by atoms with E-state index in [4.69, 9.17) is 5.11 Å². The molecule has 184 valence electrons. The van der Waals surface area contributed by atoms with Gasteiger partial charge in [-0.2, -0.15) is 0 Å². The molecule has 5 nitrogen and oxygen atoms in total. The molecule has 1 amide bonds. The van der Waals surface area contributed by atoms with Gasteiger partial charge in [-0.25, -0.2) is 0 Å². The molecule has 0 aliphatic rings. The fraction of sp³-hybridized carbons (Fsp3) is 0.367. The van der Waals surface area contributed by atoms with Crippen LogP contribution < -0.4 is 5.32 Å². The van der Waals surface area contributed by atoms with Crippen molar-refractivity contribution in [1.29, 1.82) is 0 Å². The Morgan fingerprint density at radius 3 is 1.94 bits per heavy atom. The smallest absolute Gasteiger partial charge is 0.234 e. The van der Waals surface area contributed by atoms with Crippen molar-refractivity contribution in [1.82, 2.24) is 5.32 Å². The van der Waals surface area contributed by atoms with Gasteiger partial charge in [0.25, 0.3) is 0 Å². The number of allylic oxidation sites excluding steroid dienone is 1. The lowest BCUT2D eigenvalue weighted by Crippen LogP contribution is -2.33. The first-order valence-corrected chi connectivity index (χ1v) is 11.8. The summed E-state index contributed by atoms with van der Waals surface area (Å²) in [4.78, 5) is 36.5. The summed E-state index contributed by atoms with van der Waals surface area (Å²) in [5.74, 6) is 4.10. The number of nitrogens with one attached hydrogen (secondary N) is 1. The van der Waals surface area contributed by atoms with E-state index >= 15 is 0 Å². The molecule has 2 N–H and O–H groups in total. The van der Waals surface area contributed by atoms with E-state index in [1.54, 1.807) is 31.2 Å². The van der Waals surface area contributed by atoms with Gasteiger partial charge in [0.15, 0.2) is 11.6 Å². The van der Waals surface area contributed by atoms with E-state index in [0.29, 0.717) is 11.5 Å². The maximum Gasteiger partial charge on any atom is 0.234 e. The maximum absolute atomic E-state index is 12.8. The average Bonchev–Trinajstić information content (AvgIpc) is 2.85. The highest BCUT2D eigenvalue weighted by Crippen LogP contribution is 2.28. The third kappa shape index (κ3) is 8.05. The quantitative estimate of drug-likeness (QED) is 0.258. The zero-order valence-corrected chi connectivity index (χ0v) is 21.4. The van der Waals surface area contributed by atoms with Crippen LogP contribution in [0.15, 0.2) is 60.2 Å². The number of Topliss-reactive ketones (excluding diaryl/α,β-unsaturated/α-hetero) is 2. The Bertz CT molecular complexity index is 1120. The third-order valence-corrected chi connectivity index (χ3v) is 6.28. The van der Waals surface area contributed by atoms with E-state index in [0.717, 1.165) is 17.5 Å². The number of hydrogen-bond donors (Lipinski definition) is 2. The Kier molecular flexibility index (Phi) is 9.74. The Morgan fingerprint density at radius 1 is 0.971 bits per heavy atom. The van der Waals surface area contributed by atoms with Gasteiger partial charge < -0.3 is 10.4 Å². The summed E-state index contributed by atoms with van der Waals surface area (Å²) in [7, 11) is 1.40. The minimum absolute atomic E-state index is 0.250. The largest absolute Gasteiger partial charge is 0.389 e. The van der Waals surface area contributed by atoms with E-state index in [1.165, 1.54) is 18.7 Å². The molecule has 2 unspecified atom stereocenters. The molecule has 0 bridgehead atoms. The molecule has 35 heavy (non-hydrogen) atoms. The van der Waals surface area contributed by atoms with Crippen LogP contribution >= 0.6 is 0 Å². The molecule has 0 aromatic heterocycles. The first-order chi connectivity index (χ1) is 16.5. The number of ketones is 2. The summed E-state index contributed by atoms with van der Waals surface area (Å²) in [6.45, 7) is 9.81. The zero-order chi connectivity index (χ0) is 26.2. The highest BCUT2D eigenvalue weighted by Gasteiger charge is 2.24. The highest BCUT2D eigenvalue weighted by molar-refractivity contribution is 6.10. The SMILES string of the molecule is CNC(=O)C(/C=C(\C)C(=O)c1ccc(C#Cc2ccc(CC(C)C(C)(C)C)cc2)cc1)C(=O)CO. The van der Waals surface area contributed by atoms with Crippen molar-refractivity contribution in [2.45, 2.75) is 41.0 Å². The van der Waals surface area contributed by atoms with Crippen molar-refractivity contribution < 1.29 is 19.5 Å². The summed E-state index contributed by atoms with van der Waals surface area (Å²) in [5.41, 5.74) is 3.93. The van der Waals surface area contributed by atoms with Gasteiger partial charge in [0.2, 0.25) is 5.91 Å². The number of hydrogen-bond acceptors (Lipinski definition) is 4. The summed E-state index contributed by atoms with van der Waals surface area (Å²) in [5, 5.41) is 11.5. The summed E-state index contributed by atoms with van der Waals surface area (Å²) < 4.78 is 0. The lowest BCUT2D eigenvalue weighted by atomic mass is 9.78. The molecule has 0 saturated carbocycles. The molecule has 2 aromatic rings. The summed E-state index contributed by atoms with van der Waals surface area (Å²) >= 11 is 0. The summed E-state index contributed by atoms with van der Waals surface area (Å²) in [6, 6.07) is 15.2. The number of carbonyl (C=O) groups is 3. The van der Waals surface area contributed by atoms with Crippen LogP contribution in [-0.4, -0.2) is 36.2 Å². The fourth-order valence-corrected chi connectivity index (χ4v) is 3.36. The van der Waals surface area contributed by atoms with Crippen molar-refractivity contribution in [3.05, 3.63) is 82.4 Å². The number of aliphatic hydroxyl groups excluding tert-OH is 1. The molecule has 0 aliphatic heterocycles. The van der Waals surface area contributed by atoms with Crippen molar-refractivity contribution in [3.8, 4) is 11.8 Å². The van der Waals surface area contributed by atoms with Gasteiger partial charge in [0.1, 0.15) is 12.5 Å². The molecule has 0 fully saturated rings. The predicted molar refractivity (Wildman–Crippen MR) is 139 cm³/mol. The minimum Gasteiger partial charge on any atom is -0.389 e. The number of amides is 1. The Morgan fingerprint density at radius 2 is 1.49 bits per heavy atom. The van der Waals surface area contributed by atoms with Gasteiger partial charge in [-0.3, -0.25) is 14.4 Å². The predicted octanol–water partition coefficient (Wildman–Crippen LogP) is 4.36. The first-order valence-electron chi connectivity index (χ1n) is 11.8. The molecule has 0 aliphatic carbocycles. The van der Waals surface area contributed by atoms with E-state index < -0.39 is 24.2 Å². The number of benzene rings is 2.